The van der Waals surface area contributed by atoms with E-state index in [1.807, 2.05) is 0 Å². The molecule has 4 nitrogen and oxygen atoms in total. The minimum absolute atomic E-state index is 0.620. The second-order valence-electron chi connectivity index (χ2n) is 3.12. The van der Waals surface area contributed by atoms with Gasteiger partial charge in [0.1, 0.15) is 0 Å². The molecule has 0 aromatic heterocycles. The molecular weight excluding hydrogens is 152 g/mol. The number of hydrogen-bond donors (Lipinski definition) is 2. The molecule has 72 valence electrons. The Morgan fingerprint density at radius 1 is 1.58 bits per heavy atom. The molecule has 0 unspecified atom stereocenters. The molecule has 0 aromatic rings. The van der Waals surface area contributed by atoms with Crippen LogP contribution in [0.25, 0.3) is 0 Å². The molecule has 0 aliphatic carbocycles. The maximum atomic E-state index is 5.31. The molecule has 12 heavy (non-hydrogen) atoms. The van der Waals surface area contributed by atoms with Gasteiger partial charge in [0.05, 0.1) is 0 Å². The van der Waals surface area contributed by atoms with E-state index in [0.29, 0.717) is 5.92 Å². The first-order valence-corrected chi connectivity index (χ1v) is 4.34. The molecular formula is C8H20N4. The van der Waals surface area contributed by atoms with Crippen molar-refractivity contribution in [1.29, 1.82) is 0 Å². The normalized spacial score (nSPS) is 12.0. The molecule has 0 bridgehead atoms. The summed E-state index contributed by atoms with van der Waals surface area (Å²) in [6, 6.07) is 0. The summed E-state index contributed by atoms with van der Waals surface area (Å²) in [7, 11) is 1.73. The lowest BCUT2D eigenvalue weighted by Gasteiger charge is -2.25. The van der Waals surface area contributed by atoms with E-state index in [4.69, 9.17) is 5.84 Å². The van der Waals surface area contributed by atoms with Gasteiger partial charge >= 0.3 is 0 Å². The fourth-order valence-corrected chi connectivity index (χ4v) is 1.10. The number of nitrogens with zero attached hydrogens (tertiary/aromatic N) is 2. The fraction of sp³-hybridized carbons (Fsp3) is 0.875. The summed E-state index contributed by atoms with van der Waals surface area (Å²) in [4.78, 5) is 6.15. The first-order chi connectivity index (χ1) is 5.65. The highest BCUT2D eigenvalue weighted by molar-refractivity contribution is 5.79. The van der Waals surface area contributed by atoms with Crippen molar-refractivity contribution in [2.75, 3.05) is 20.1 Å². The molecule has 0 aliphatic rings. The van der Waals surface area contributed by atoms with E-state index < -0.39 is 0 Å². The summed E-state index contributed by atoms with van der Waals surface area (Å²) in [5, 5.41) is 0. The molecule has 4 heteroatoms. The van der Waals surface area contributed by atoms with Gasteiger partial charge in [0.15, 0.2) is 0 Å². The molecule has 0 fully saturated rings. The largest absolute Gasteiger partial charge is 0.342 e. The minimum Gasteiger partial charge on any atom is -0.342 e. The Balaban J connectivity index is 4.12. The Labute approximate surface area is 74.8 Å². The third-order valence-corrected chi connectivity index (χ3v) is 1.61. The first-order valence-electron chi connectivity index (χ1n) is 4.34. The predicted molar refractivity (Wildman–Crippen MR) is 52.8 cm³/mol. The third kappa shape index (κ3) is 3.57. The molecule has 0 spiro atoms. The highest BCUT2D eigenvalue weighted by Crippen LogP contribution is 1.97. The lowest BCUT2D eigenvalue weighted by atomic mass is 10.2. The van der Waals surface area contributed by atoms with Gasteiger partial charge in [-0.05, 0) is 12.8 Å². The van der Waals surface area contributed by atoms with Crippen molar-refractivity contribution in [2.24, 2.45) is 16.8 Å². The van der Waals surface area contributed by atoms with Crippen LogP contribution in [-0.2, 0) is 0 Å². The van der Waals surface area contributed by atoms with E-state index in [0.717, 1.165) is 19.0 Å². The van der Waals surface area contributed by atoms with Crippen LogP contribution in [0.1, 0.15) is 20.8 Å². The Bertz CT molecular complexity index is 142. The van der Waals surface area contributed by atoms with Crippen molar-refractivity contribution in [3.8, 4) is 0 Å². The van der Waals surface area contributed by atoms with Gasteiger partial charge < -0.3 is 4.90 Å². The monoisotopic (exact) mass is 172 g/mol. The van der Waals surface area contributed by atoms with Crippen molar-refractivity contribution in [3.05, 3.63) is 0 Å². The van der Waals surface area contributed by atoms with Crippen LogP contribution in [0.3, 0.4) is 0 Å². The van der Waals surface area contributed by atoms with Gasteiger partial charge in [-0.2, -0.15) is 0 Å². The number of rotatable bonds is 3. The van der Waals surface area contributed by atoms with Crippen molar-refractivity contribution in [1.82, 2.24) is 10.3 Å². The van der Waals surface area contributed by atoms with Gasteiger partial charge in [-0.25, -0.2) is 5.84 Å². The van der Waals surface area contributed by atoms with Gasteiger partial charge in [0.2, 0.25) is 5.96 Å². The first kappa shape index (κ1) is 11.2. The van der Waals surface area contributed by atoms with Crippen molar-refractivity contribution >= 4 is 5.96 Å². The summed E-state index contributed by atoms with van der Waals surface area (Å²) in [5.41, 5.74) is 2.58. The average molecular weight is 172 g/mol. The van der Waals surface area contributed by atoms with Crippen LogP contribution >= 0.6 is 0 Å². The topological polar surface area (TPSA) is 53.6 Å². The van der Waals surface area contributed by atoms with Gasteiger partial charge in [-0.3, -0.25) is 10.4 Å². The quantitative estimate of drug-likeness (QED) is 0.281. The molecule has 0 atom stereocenters. The summed E-state index contributed by atoms with van der Waals surface area (Å²) in [6.07, 6.45) is 0. The van der Waals surface area contributed by atoms with E-state index >= 15 is 0 Å². The van der Waals surface area contributed by atoms with E-state index in [2.05, 4.69) is 36.1 Å². The number of hydrazine groups is 1. The van der Waals surface area contributed by atoms with Crippen molar-refractivity contribution in [2.45, 2.75) is 20.8 Å². The molecule has 0 aromatic carbocycles. The second kappa shape index (κ2) is 5.83. The zero-order valence-corrected chi connectivity index (χ0v) is 8.46. The average Bonchev–Trinajstić information content (AvgIpc) is 2.04. The summed E-state index contributed by atoms with van der Waals surface area (Å²) in [5.74, 6) is 6.69. The third-order valence-electron chi connectivity index (χ3n) is 1.61. The van der Waals surface area contributed by atoms with Gasteiger partial charge in [0.25, 0.3) is 0 Å². The number of nitrogens with two attached hydrogens (primary N) is 1. The van der Waals surface area contributed by atoms with E-state index in [1.165, 1.54) is 0 Å². The minimum atomic E-state index is 0.620. The molecule has 3 N–H and O–H groups in total. The van der Waals surface area contributed by atoms with E-state index in [-0.39, 0.29) is 0 Å². The Morgan fingerprint density at radius 3 is 2.42 bits per heavy atom. The van der Waals surface area contributed by atoms with E-state index in [9.17, 15) is 0 Å². The highest BCUT2D eigenvalue weighted by Gasteiger charge is 2.08. The van der Waals surface area contributed by atoms with Crippen LogP contribution in [0.5, 0.6) is 0 Å². The lowest BCUT2D eigenvalue weighted by Crippen LogP contribution is -2.46. The van der Waals surface area contributed by atoms with Gasteiger partial charge in [0, 0.05) is 20.1 Å². The number of hydrogen-bond acceptors (Lipinski definition) is 2. The van der Waals surface area contributed by atoms with E-state index in [1.54, 1.807) is 7.05 Å². The van der Waals surface area contributed by atoms with Gasteiger partial charge in [-0.1, -0.05) is 13.8 Å². The molecule has 0 saturated carbocycles. The molecule has 0 heterocycles. The SMILES string of the molecule is CCN(CC(C)C)C(=NC)NN. The summed E-state index contributed by atoms with van der Waals surface area (Å²) < 4.78 is 0. The van der Waals surface area contributed by atoms with Crippen LogP contribution in [0.2, 0.25) is 0 Å². The smallest absolute Gasteiger partial charge is 0.208 e. The molecule has 0 amide bonds. The number of guanidine groups is 1. The molecule has 0 radical (unpaired) electrons. The van der Waals surface area contributed by atoms with Gasteiger partial charge in [-0.15, -0.1) is 0 Å². The van der Waals surface area contributed by atoms with Crippen LogP contribution in [0.15, 0.2) is 4.99 Å². The second-order valence-corrected chi connectivity index (χ2v) is 3.12. The molecule has 0 aliphatic heterocycles. The van der Waals surface area contributed by atoms with Crippen LogP contribution < -0.4 is 11.3 Å². The summed E-state index contributed by atoms with van der Waals surface area (Å²) in [6.45, 7) is 8.34. The Hall–Kier alpha value is -0.770. The standard InChI is InChI=1S/C8H20N4/c1-5-12(6-7(2)3)8(10-4)11-9/h7H,5-6,9H2,1-4H3,(H,10,11). The zero-order chi connectivity index (χ0) is 9.56. The molecule has 0 saturated heterocycles. The number of aliphatic imine (C=N–C) groups is 1. The maximum absolute atomic E-state index is 5.31. The Morgan fingerprint density at radius 2 is 2.17 bits per heavy atom. The highest BCUT2D eigenvalue weighted by atomic mass is 15.4. The van der Waals surface area contributed by atoms with Crippen molar-refractivity contribution < 1.29 is 0 Å². The Kier molecular flexibility index (Phi) is 5.45. The van der Waals surface area contributed by atoms with Crippen LogP contribution in [-0.4, -0.2) is 31.0 Å². The lowest BCUT2D eigenvalue weighted by molar-refractivity contribution is 0.369. The molecule has 0 rings (SSSR count). The summed E-state index contributed by atoms with van der Waals surface area (Å²) >= 11 is 0. The predicted octanol–water partition coefficient (Wildman–Crippen LogP) is 0.413. The zero-order valence-electron chi connectivity index (χ0n) is 8.46. The van der Waals surface area contributed by atoms with Crippen molar-refractivity contribution in [3.63, 3.8) is 0 Å². The fourth-order valence-electron chi connectivity index (χ4n) is 1.10. The number of nitrogens with one attached hydrogen (secondary N) is 1. The maximum Gasteiger partial charge on any atom is 0.208 e. The van der Waals surface area contributed by atoms with Crippen LogP contribution in [0, 0.1) is 5.92 Å². The van der Waals surface area contributed by atoms with Crippen LogP contribution in [0.4, 0.5) is 0 Å².